The minimum Gasteiger partial charge on any atom is -0.381 e. The lowest BCUT2D eigenvalue weighted by Crippen LogP contribution is -2.36. The van der Waals surface area contributed by atoms with Crippen molar-refractivity contribution in [3.8, 4) is 0 Å². The highest BCUT2D eigenvalue weighted by atomic mass is 16.5. The van der Waals surface area contributed by atoms with E-state index in [2.05, 4.69) is 30.0 Å². The zero-order valence-electron chi connectivity index (χ0n) is 11.5. The molecule has 1 aliphatic heterocycles. The van der Waals surface area contributed by atoms with Crippen LogP contribution in [0.1, 0.15) is 29.5 Å². The highest BCUT2D eigenvalue weighted by molar-refractivity contribution is 5.31. The molecule has 1 heterocycles. The van der Waals surface area contributed by atoms with E-state index in [4.69, 9.17) is 10.5 Å². The van der Waals surface area contributed by atoms with Gasteiger partial charge in [-0.1, -0.05) is 18.2 Å². The lowest BCUT2D eigenvalue weighted by atomic mass is 10.0. The number of benzene rings is 1. The maximum Gasteiger partial charge on any atom is 0.0595 e. The molecule has 100 valence electrons. The fourth-order valence-corrected chi connectivity index (χ4v) is 2.61. The van der Waals surface area contributed by atoms with Crippen molar-refractivity contribution in [2.24, 2.45) is 5.73 Å². The van der Waals surface area contributed by atoms with Crippen molar-refractivity contribution >= 4 is 0 Å². The summed E-state index contributed by atoms with van der Waals surface area (Å²) >= 11 is 0. The van der Waals surface area contributed by atoms with E-state index < -0.39 is 0 Å². The van der Waals surface area contributed by atoms with Gasteiger partial charge in [-0.05, 0) is 36.5 Å². The van der Waals surface area contributed by atoms with Crippen LogP contribution in [0.2, 0.25) is 0 Å². The standard InChI is InChI=1S/C15H24N2O/c1-12-9-13(10-16)3-4-14(12)11-17-7-5-15(18-2)6-8-17/h3-4,9,15H,5-8,10-11,16H2,1-2H3. The number of methoxy groups -OCH3 is 1. The van der Waals surface area contributed by atoms with Crippen LogP contribution in [-0.2, 0) is 17.8 Å². The number of piperidine rings is 1. The summed E-state index contributed by atoms with van der Waals surface area (Å²) in [5.41, 5.74) is 9.65. The van der Waals surface area contributed by atoms with Crippen molar-refractivity contribution in [1.29, 1.82) is 0 Å². The third-order valence-electron chi connectivity index (χ3n) is 3.90. The van der Waals surface area contributed by atoms with E-state index in [9.17, 15) is 0 Å². The Labute approximate surface area is 110 Å². The van der Waals surface area contributed by atoms with E-state index in [-0.39, 0.29) is 0 Å². The van der Waals surface area contributed by atoms with Gasteiger partial charge in [-0.15, -0.1) is 0 Å². The Balaban J connectivity index is 1.94. The van der Waals surface area contributed by atoms with Crippen LogP contribution < -0.4 is 5.73 Å². The van der Waals surface area contributed by atoms with Crippen LogP contribution in [0, 0.1) is 6.92 Å². The highest BCUT2D eigenvalue weighted by Crippen LogP contribution is 2.18. The lowest BCUT2D eigenvalue weighted by molar-refractivity contribution is 0.0388. The normalized spacial score (nSPS) is 18.2. The molecule has 0 spiro atoms. The first-order valence-corrected chi connectivity index (χ1v) is 6.76. The summed E-state index contributed by atoms with van der Waals surface area (Å²) < 4.78 is 5.40. The zero-order valence-corrected chi connectivity index (χ0v) is 11.5. The Bertz CT molecular complexity index is 384. The number of hydrogen-bond acceptors (Lipinski definition) is 3. The van der Waals surface area contributed by atoms with E-state index in [0.717, 1.165) is 32.5 Å². The van der Waals surface area contributed by atoms with Crippen LogP contribution in [0.25, 0.3) is 0 Å². The SMILES string of the molecule is COC1CCN(Cc2ccc(CN)cc2C)CC1. The highest BCUT2D eigenvalue weighted by Gasteiger charge is 2.18. The van der Waals surface area contributed by atoms with Gasteiger partial charge in [0.25, 0.3) is 0 Å². The first kappa shape index (κ1) is 13.5. The van der Waals surface area contributed by atoms with Crippen molar-refractivity contribution in [2.45, 2.75) is 39.0 Å². The summed E-state index contributed by atoms with van der Waals surface area (Å²) in [4.78, 5) is 2.51. The number of nitrogens with two attached hydrogens (primary N) is 1. The van der Waals surface area contributed by atoms with Gasteiger partial charge in [-0.3, -0.25) is 4.90 Å². The van der Waals surface area contributed by atoms with Crippen LogP contribution in [0.3, 0.4) is 0 Å². The first-order chi connectivity index (χ1) is 8.72. The van der Waals surface area contributed by atoms with Gasteiger partial charge < -0.3 is 10.5 Å². The molecule has 0 atom stereocenters. The smallest absolute Gasteiger partial charge is 0.0595 e. The van der Waals surface area contributed by atoms with Crippen molar-refractivity contribution < 1.29 is 4.74 Å². The average Bonchev–Trinajstić information content (AvgIpc) is 2.42. The third kappa shape index (κ3) is 3.31. The average molecular weight is 248 g/mol. The number of hydrogen-bond donors (Lipinski definition) is 1. The summed E-state index contributed by atoms with van der Waals surface area (Å²) in [5, 5.41) is 0. The molecule has 1 saturated heterocycles. The minimum absolute atomic E-state index is 0.460. The van der Waals surface area contributed by atoms with Gasteiger partial charge >= 0.3 is 0 Å². The van der Waals surface area contributed by atoms with Crippen LogP contribution in [0.5, 0.6) is 0 Å². The molecule has 0 amide bonds. The number of ether oxygens (including phenoxy) is 1. The molecule has 2 rings (SSSR count). The lowest BCUT2D eigenvalue weighted by Gasteiger charge is -2.31. The molecule has 1 aromatic carbocycles. The molecule has 3 nitrogen and oxygen atoms in total. The number of rotatable bonds is 4. The molecule has 0 saturated carbocycles. The molecule has 0 radical (unpaired) electrons. The molecule has 0 aromatic heterocycles. The van der Waals surface area contributed by atoms with Gasteiger partial charge in [0.2, 0.25) is 0 Å². The van der Waals surface area contributed by atoms with E-state index in [1.807, 2.05) is 7.11 Å². The second kappa shape index (κ2) is 6.32. The van der Waals surface area contributed by atoms with Gasteiger partial charge in [0, 0.05) is 33.3 Å². The molecule has 0 aliphatic carbocycles. The summed E-state index contributed by atoms with van der Waals surface area (Å²) in [6.45, 7) is 6.12. The van der Waals surface area contributed by atoms with E-state index in [1.54, 1.807) is 0 Å². The number of aryl methyl sites for hydroxylation is 1. The number of likely N-dealkylation sites (tertiary alicyclic amines) is 1. The molecule has 0 unspecified atom stereocenters. The number of nitrogens with zero attached hydrogens (tertiary/aromatic N) is 1. The van der Waals surface area contributed by atoms with E-state index >= 15 is 0 Å². The third-order valence-corrected chi connectivity index (χ3v) is 3.90. The van der Waals surface area contributed by atoms with Crippen molar-refractivity contribution in [1.82, 2.24) is 4.90 Å². The van der Waals surface area contributed by atoms with Gasteiger partial charge in [-0.2, -0.15) is 0 Å². The van der Waals surface area contributed by atoms with Gasteiger partial charge in [0.15, 0.2) is 0 Å². The van der Waals surface area contributed by atoms with Crippen molar-refractivity contribution in [3.63, 3.8) is 0 Å². The molecule has 0 bridgehead atoms. The van der Waals surface area contributed by atoms with Crippen LogP contribution in [0.4, 0.5) is 0 Å². The summed E-state index contributed by atoms with van der Waals surface area (Å²) in [6.07, 6.45) is 2.76. The molecule has 1 fully saturated rings. The van der Waals surface area contributed by atoms with Crippen molar-refractivity contribution in [2.75, 3.05) is 20.2 Å². The molecule has 1 aromatic rings. The molecule has 2 N–H and O–H groups in total. The summed E-state index contributed by atoms with van der Waals surface area (Å²) in [5.74, 6) is 0. The second-order valence-corrected chi connectivity index (χ2v) is 5.18. The minimum atomic E-state index is 0.460. The predicted molar refractivity (Wildman–Crippen MR) is 74.4 cm³/mol. The maximum absolute atomic E-state index is 5.66. The van der Waals surface area contributed by atoms with Gasteiger partial charge in [-0.25, -0.2) is 0 Å². The van der Waals surface area contributed by atoms with Crippen molar-refractivity contribution in [3.05, 3.63) is 34.9 Å². The largest absolute Gasteiger partial charge is 0.381 e. The first-order valence-electron chi connectivity index (χ1n) is 6.76. The fourth-order valence-electron chi connectivity index (χ4n) is 2.61. The summed E-state index contributed by atoms with van der Waals surface area (Å²) in [7, 11) is 1.82. The quantitative estimate of drug-likeness (QED) is 0.886. The topological polar surface area (TPSA) is 38.5 Å². The molecular formula is C15H24N2O. The fraction of sp³-hybridized carbons (Fsp3) is 0.600. The molecule has 18 heavy (non-hydrogen) atoms. The van der Waals surface area contributed by atoms with E-state index in [0.29, 0.717) is 12.6 Å². The Kier molecular flexibility index (Phi) is 4.75. The second-order valence-electron chi connectivity index (χ2n) is 5.18. The Morgan fingerprint density at radius 3 is 2.61 bits per heavy atom. The molecule has 3 heteroatoms. The molecular weight excluding hydrogens is 224 g/mol. The van der Waals surface area contributed by atoms with Crippen LogP contribution >= 0.6 is 0 Å². The zero-order chi connectivity index (χ0) is 13.0. The van der Waals surface area contributed by atoms with E-state index in [1.165, 1.54) is 16.7 Å². The monoisotopic (exact) mass is 248 g/mol. The Hall–Kier alpha value is -0.900. The van der Waals surface area contributed by atoms with Crippen LogP contribution in [0.15, 0.2) is 18.2 Å². The van der Waals surface area contributed by atoms with Gasteiger partial charge in [0.1, 0.15) is 0 Å². The Morgan fingerprint density at radius 1 is 1.33 bits per heavy atom. The van der Waals surface area contributed by atoms with Crippen LogP contribution in [-0.4, -0.2) is 31.2 Å². The predicted octanol–water partition coefficient (Wildman–Crippen LogP) is 2.06. The maximum atomic E-state index is 5.66. The van der Waals surface area contributed by atoms with Gasteiger partial charge in [0.05, 0.1) is 6.10 Å². The Morgan fingerprint density at radius 2 is 2.06 bits per heavy atom. The molecule has 1 aliphatic rings. The summed E-state index contributed by atoms with van der Waals surface area (Å²) in [6, 6.07) is 6.57.